The highest BCUT2D eigenvalue weighted by atomic mass is 28.5. The zero-order valence-corrected chi connectivity index (χ0v) is 31.0. The number of hydrogen-bond donors (Lipinski definition) is 1. The Morgan fingerprint density at radius 1 is 0.955 bits per heavy atom. The predicted molar refractivity (Wildman–Crippen MR) is 176 cm³/mol. The molecule has 4 rings (SSSR count). The van der Waals surface area contributed by atoms with E-state index in [1.807, 2.05) is 5.06 Å². The lowest BCUT2D eigenvalue weighted by atomic mass is 9.94. The van der Waals surface area contributed by atoms with E-state index >= 15 is 0 Å². The van der Waals surface area contributed by atoms with Crippen LogP contribution in [-0.2, 0) is 22.5 Å². The summed E-state index contributed by atoms with van der Waals surface area (Å²) < 4.78 is 30.4. The van der Waals surface area contributed by atoms with E-state index in [-0.39, 0.29) is 28.8 Å². The van der Waals surface area contributed by atoms with Gasteiger partial charge in [-0.1, -0.05) is 68.2 Å². The van der Waals surface area contributed by atoms with E-state index in [2.05, 4.69) is 79.4 Å². The van der Waals surface area contributed by atoms with Gasteiger partial charge in [0.1, 0.15) is 11.7 Å². The van der Waals surface area contributed by atoms with Gasteiger partial charge in [-0.2, -0.15) is 5.06 Å². The van der Waals surface area contributed by atoms with Crippen LogP contribution in [0.25, 0.3) is 0 Å². The number of aryl methyl sites for hydroxylation is 1. The Morgan fingerprint density at radius 3 is 2.16 bits per heavy atom. The number of aromatic amines is 1. The molecule has 1 N–H and O–H groups in total. The van der Waals surface area contributed by atoms with Gasteiger partial charge >= 0.3 is 22.8 Å². The minimum Gasteiger partial charge on any atom is -0.414 e. The van der Waals surface area contributed by atoms with Crippen LogP contribution in [0.3, 0.4) is 0 Å². The van der Waals surface area contributed by atoms with Crippen LogP contribution in [0.4, 0.5) is 0 Å². The van der Waals surface area contributed by atoms with Crippen molar-refractivity contribution in [3.8, 4) is 0 Å². The van der Waals surface area contributed by atoms with Crippen molar-refractivity contribution in [2.75, 3.05) is 40.3 Å². The molecule has 3 aliphatic heterocycles. The van der Waals surface area contributed by atoms with E-state index in [1.54, 1.807) is 13.1 Å². The highest BCUT2D eigenvalue weighted by molar-refractivity contribution is 6.84. The third-order valence-corrected chi connectivity index (χ3v) is 20.0. The van der Waals surface area contributed by atoms with Crippen molar-refractivity contribution in [1.29, 1.82) is 0 Å². The molecular formula is C31H58N4O7Si2. The first kappa shape index (κ1) is 35.7. The summed E-state index contributed by atoms with van der Waals surface area (Å²) in [6.45, 7) is 21.9. The minimum atomic E-state index is -2.96. The number of aromatic nitrogens is 2. The molecule has 0 amide bonds. The number of H-pyrrole nitrogens is 1. The second-order valence-electron chi connectivity index (χ2n) is 14.7. The molecule has 3 aliphatic rings. The number of nitrogens with one attached hydrogen (secondary N) is 1. The van der Waals surface area contributed by atoms with E-state index in [4.69, 9.17) is 22.5 Å². The molecule has 252 valence electrons. The van der Waals surface area contributed by atoms with Crippen molar-refractivity contribution in [2.24, 2.45) is 0 Å². The van der Waals surface area contributed by atoms with Crippen LogP contribution in [0.1, 0.15) is 92.9 Å². The molecule has 2 bridgehead atoms. The van der Waals surface area contributed by atoms with E-state index in [0.29, 0.717) is 12.1 Å². The summed E-state index contributed by atoms with van der Waals surface area (Å²) in [5.74, 6) is 0. The maximum Gasteiger partial charge on any atom is 0.335 e. The standard InChI is InChI=1S/C31H58N4O7Si2/c1-21(2)43(22(3)4)38-20-31-19-34(17-15-13-12-14-16-33(10)11)40-26(27(31)41-44(42-43,23(5)6)24(7)8)29(39-31)35-18-25(9)28(36)32-30(35)37/h18,21-24,26-27,29H,12-17,19-20H2,1-11H3,(H,32,36,37)/t26-,27?,29+,31+/m0/s1. The lowest BCUT2D eigenvalue weighted by Crippen LogP contribution is -2.71. The minimum absolute atomic E-state index is 0.140. The molecule has 0 aliphatic carbocycles. The van der Waals surface area contributed by atoms with Crippen molar-refractivity contribution in [2.45, 2.75) is 134 Å². The third-order valence-electron chi connectivity index (χ3n) is 9.74. The maximum atomic E-state index is 13.2. The highest BCUT2D eigenvalue weighted by Crippen LogP contribution is 2.53. The molecule has 1 aromatic heterocycles. The molecule has 4 heterocycles. The van der Waals surface area contributed by atoms with Crippen molar-refractivity contribution < 1.29 is 22.5 Å². The fourth-order valence-electron chi connectivity index (χ4n) is 7.24. The van der Waals surface area contributed by atoms with Gasteiger partial charge in [0.05, 0.1) is 13.2 Å². The Bertz CT molecular complexity index is 1220. The summed E-state index contributed by atoms with van der Waals surface area (Å²) in [7, 11) is -1.58. The van der Waals surface area contributed by atoms with Crippen LogP contribution in [0, 0.1) is 6.92 Å². The van der Waals surface area contributed by atoms with Crippen molar-refractivity contribution >= 4 is 17.1 Å². The summed E-state index contributed by atoms with van der Waals surface area (Å²) in [4.78, 5) is 36.9. The fraction of sp³-hybridized carbons (Fsp3) is 0.871. The van der Waals surface area contributed by atoms with Gasteiger partial charge in [-0.25, -0.2) is 4.79 Å². The molecule has 0 aromatic carbocycles. The number of nitrogens with zero attached hydrogens (tertiary/aromatic N) is 3. The molecule has 4 atom stereocenters. The Kier molecular flexibility index (Phi) is 11.3. The van der Waals surface area contributed by atoms with Crippen LogP contribution < -0.4 is 11.2 Å². The number of hydrogen-bond acceptors (Lipinski definition) is 9. The highest BCUT2D eigenvalue weighted by Gasteiger charge is 2.69. The van der Waals surface area contributed by atoms with Crippen molar-refractivity contribution in [3.63, 3.8) is 0 Å². The fourth-order valence-corrected chi connectivity index (χ4v) is 18.5. The molecule has 0 saturated carbocycles. The van der Waals surface area contributed by atoms with Crippen molar-refractivity contribution in [3.05, 3.63) is 32.6 Å². The van der Waals surface area contributed by atoms with Crippen molar-refractivity contribution in [1.82, 2.24) is 19.5 Å². The Morgan fingerprint density at radius 2 is 1.57 bits per heavy atom. The molecule has 13 heteroatoms. The number of hydroxylamine groups is 2. The summed E-state index contributed by atoms with van der Waals surface area (Å²) >= 11 is 0. The summed E-state index contributed by atoms with van der Waals surface area (Å²) in [6.07, 6.45) is 4.06. The number of rotatable bonds is 12. The van der Waals surface area contributed by atoms with Gasteiger partial charge in [0.2, 0.25) is 0 Å². The van der Waals surface area contributed by atoms with Gasteiger partial charge in [-0.3, -0.25) is 19.2 Å². The van der Waals surface area contributed by atoms with Gasteiger partial charge in [-0.15, -0.1) is 0 Å². The van der Waals surface area contributed by atoms with E-state index in [1.165, 1.54) is 4.57 Å². The lowest BCUT2D eigenvalue weighted by Gasteiger charge is -2.55. The van der Waals surface area contributed by atoms with Gasteiger partial charge in [0.15, 0.2) is 12.3 Å². The lowest BCUT2D eigenvalue weighted by molar-refractivity contribution is -0.269. The van der Waals surface area contributed by atoms with Gasteiger partial charge in [-0.05, 0) is 62.6 Å². The average molecular weight is 655 g/mol. The molecule has 11 nitrogen and oxygen atoms in total. The second kappa shape index (κ2) is 13.9. The Hall–Kier alpha value is -1.17. The molecule has 1 unspecified atom stereocenters. The second-order valence-corrected chi connectivity index (χ2v) is 23.5. The van der Waals surface area contributed by atoms with E-state index in [0.717, 1.165) is 38.8 Å². The Balaban J connectivity index is 1.76. The van der Waals surface area contributed by atoms with Crippen LogP contribution in [-0.4, -0.2) is 94.8 Å². The molecular weight excluding hydrogens is 597 g/mol. The van der Waals surface area contributed by atoms with E-state index < -0.39 is 52.4 Å². The average Bonchev–Trinajstić information content (AvgIpc) is 3.08. The normalized spacial score (nSPS) is 28.7. The number of unbranched alkanes of at least 4 members (excludes halogenated alkanes) is 3. The largest absolute Gasteiger partial charge is 0.414 e. The maximum absolute atomic E-state index is 13.2. The summed E-state index contributed by atoms with van der Waals surface area (Å²) in [5, 5.41) is 2.01. The zero-order valence-electron chi connectivity index (χ0n) is 29.0. The molecule has 3 saturated heterocycles. The first-order valence-corrected chi connectivity index (χ1v) is 20.6. The molecule has 44 heavy (non-hydrogen) atoms. The van der Waals surface area contributed by atoms with Gasteiger partial charge in [0.25, 0.3) is 5.56 Å². The molecule has 3 fully saturated rings. The smallest absolute Gasteiger partial charge is 0.335 e. The summed E-state index contributed by atoms with van der Waals surface area (Å²) in [5.41, 5.74) is -0.716. The van der Waals surface area contributed by atoms with E-state index in [9.17, 15) is 9.59 Å². The quantitative estimate of drug-likeness (QED) is 0.251. The Labute approximate surface area is 266 Å². The summed E-state index contributed by atoms with van der Waals surface area (Å²) in [6, 6.07) is 0. The molecule has 0 radical (unpaired) electrons. The van der Waals surface area contributed by atoms with Gasteiger partial charge in [0, 0.05) is 18.3 Å². The number of ether oxygens (including phenoxy) is 1. The van der Waals surface area contributed by atoms with Crippen LogP contribution in [0.15, 0.2) is 15.8 Å². The first-order chi connectivity index (χ1) is 20.6. The van der Waals surface area contributed by atoms with Crippen LogP contribution in [0.5, 0.6) is 0 Å². The van der Waals surface area contributed by atoms with Gasteiger partial charge < -0.3 is 22.6 Å². The molecule has 0 spiro atoms. The first-order valence-electron chi connectivity index (χ1n) is 16.7. The topological polar surface area (TPSA) is 107 Å². The van der Waals surface area contributed by atoms with Crippen LogP contribution in [0.2, 0.25) is 22.2 Å². The zero-order chi connectivity index (χ0) is 32.6. The van der Waals surface area contributed by atoms with Crippen LogP contribution >= 0.6 is 0 Å². The predicted octanol–water partition coefficient (Wildman–Crippen LogP) is 4.81. The third kappa shape index (κ3) is 6.77. The SMILES string of the molecule is Cc1cn([C@@H]2O[C@]34CO[Si](C(C)C)(C(C)C)O[Si](C(C)C)(C(C)C)OC3[C@@H]2ON(CCCCCCN(C)C)C4)c(=O)[nH]c1=O. The molecule has 1 aromatic rings. The monoisotopic (exact) mass is 654 g/mol.